The maximum atomic E-state index is 13.2. The zero-order valence-electron chi connectivity index (χ0n) is 10.7. The van der Waals surface area contributed by atoms with Crippen LogP contribution in [0.3, 0.4) is 0 Å². The lowest BCUT2D eigenvalue weighted by atomic mass is 10.2. The van der Waals surface area contributed by atoms with E-state index in [1.54, 1.807) is 11.9 Å². The zero-order valence-corrected chi connectivity index (χ0v) is 10.7. The average molecular weight is 251 g/mol. The fourth-order valence-electron chi connectivity index (χ4n) is 1.94. The molecule has 1 fully saturated rings. The summed E-state index contributed by atoms with van der Waals surface area (Å²) in [6.45, 7) is 3.33. The van der Waals surface area contributed by atoms with Crippen LogP contribution in [0, 0.1) is 11.7 Å². The van der Waals surface area contributed by atoms with Gasteiger partial charge in [-0.15, -0.1) is 0 Å². The van der Waals surface area contributed by atoms with Gasteiger partial charge in [-0.3, -0.25) is 4.79 Å². The van der Waals surface area contributed by atoms with Gasteiger partial charge in [0.1, 0.15) is 11.6 Å². The van der Waals surface area contributed by atoms with Crippen LogP contribution in [0.25, 0.3) is 0 Å². The second-order valence-electron chi connectivity index (χ2n) is 4.59. The van der Waals surface area contributed by atoms with E-state index in [0.29, 0.717) is 23.8 Å². The van der Waals surface area contributed by atoms with Crippen molar-refractivity contribution < 1.29 is 9.18 Å². The minimum absolute atomic E-state index is 0.152. The van der Waals surface area contributed by atoms with E-state index < -0.39 is 5.82 Å². The van der Waals surface area contributed by atoms with Crippen LogP contribution in [0.15, 0.2) is 12.3 Å². The standard InChI is InChI=1S/C13H18FN3O/c1-3-17(8-9-4-5-9)13(18)11-6-10(14)7-16-12(11)15-2/h6-7,9H,3-5,8H2,1-2H3,(H,15,16). The van der Waals surface area contributed by atoms with Gasteiger partial charge in [0.25, 0.3) is 5.91 Å². The van der Waals surface area contributed by atoms with Crippen molar-refractivity contribution in [1.82, 2.24) is 9.88 Å². The van der Waals surface area contributed by atoms with Crippen LogP contribution in [0.1, 0.15) is 30.1 Å². The van der Waals surface area contributed by atoms with Gasteiger partial charge < -0.3 is 10.2 Å². The molecule has 1 N–H and O–H groups in total. The number of pyridine rings is 1. The van der Waals surface area contributed by atoms with Crippen LogP contribution in [-0.2, 0) is 0 Å². The summed E-state index contributed by atoms with van der Waals surface area (Å²) in [4.78, 5) is 18.0. The van der Waals surface area contributed by atoms with Gasteiger partial charge in [-0.1, -0.05) is 0 Å². The predicted octanol–water partition coefficient (Wildman–Crippen LogP) is 2.13. The molecule has 18 heavy (non-hydrogen) atoms. The molecule has 0 spiro atoms. The molecule has 1 aromatic rings. The van der Waals surface area contributed by atoms with Crippen LogP contribution in [0.4, 0.5) is 10.2 Å². The molecule has 98 valence electrons. The molecule has 0 aromatic carbocycles. The quantitative estimate of drug-likeness (QED) is 0.872. The van der Waals surface area contributed by atoms with Crippen molar-refractivity contribution >= 4 is 11.7 Å². The molecule has 1 aliphatic carbocycles. The first-order valence-corrected chi connectivity index (χ1v) is 6.28. The molecule has 0 atom stereocenters. The number of hydrogen-bond donors (Lipinski definition) is 1. The number of halogens is 1. The maximum absolute atomic E-state index is 13.2. The molecule has 0 saturated heterocycles. The topological polar surface area (TPSA) is 45.2 Å². The molecule has 5 heteroatoms. The van der Waals surface area contributed by atoms with E-state index in [1.807, 2.05) is 6.92 Å². The number of rotatable bonds is 5. The molecule has 2 rings (SSSR count). The van der Waals surface area contributed by atoms with Crippen LogP contribution in [0.5, 0.6) is 0 Å². The van der Waals surface area contributed by atoms with Gasteiger partial charge in [0, 0.05) is 20.1 Å². The molecule has 0 aliphatic heterocycles. The van der Waals surface area contributed by atoms with Gasteiger partial charge in [0.05, 0.1) is 11.8 Å². The molecule has 0 unspecified atom stereocenters. The molecule has 1 aromatic heterocycles. The molecule has 1 aliphatic rings. The number of aromatic nitrogens is 1. The first-order valence-electron chi connectivity index (χ1n) is 6.28. The summed E-state index contributed by atoms with van der Waals surface area (Å²) in [6.07, 6.45) is 3.48. The second-order valence-corrected chi connectivity index (χ2v) is 4.59. The predicted molar refractivity (Wildman–Crippen MR) is 68.0 cm³/mol. The summed E-state index contributed by atoms with van der Waals surface area (Å²) >= 11 is 0. The molecule has 1 saturated carbocycles. The van der Waals surface area contributed by atoms with Crippen LogP contribution < -0.4 is 5.32 Å². The Labute approximate surface area is 106 Å². The summed E-state index contributed by atoms with van der Waals surface area (Å²) in [5.41, 5.74) is 0.306. The van der Waals surface area contributed by atoms with Crippen molar-refractivity contribution in [1.29, 1.82) is 0 Å². The summed E-state index contributed by atoms with van der Waals surface area (Å²) in [5.74, 6) is 0.407. The Balaban J connectivity index is 2.21. The first kappa shape index (κ1) is 12.8. The Morgan fingerprint density at radius 1 is 1.61 bits per heavy atom. The Morgan fingerprint density at radius 2 is 2.33 bits per heavy atom. The van der Waals surface area contributed by atoms with E-state index in [-0.39, 0.29) is 5.91 Å². The molecular formula is C13H18FN3O. The van der Waals surface area contributed by atoms with Crippen LogP contribution in [-0.4, -0.2) is 35.9 Å². The Kier molecular flexibility index (Phi) is 3.79. The lowest BCUT2D eigenvalue weighted by Crippen LogP contribution is -2.33. The highest BCUT2D eigenvalue weighted by Gasteiger charge is 2.27. The normalized spacial score (nSPS) is 14.4. The SMILES string of the molecule is CCN(CC1CC1)C(=O)c1cc(F)cnc1NC. The Bertz CT molecular complexity index is 446. The first-order chi connectivity index (χ1) is 8.65. The van der Waals surface area contributed by atoms with E-state index in [2.05, 4.69) is 10.3 Å². The summed E-state index contributed by atoms with van der Waals surface area (Å²) in [7, 11) is 1.67. The number of hydrogen-bond acceptors (Lipinski definition) is 3. The van der Waals surface area contributed by atoms with Gasteiger partial charge in [-0.25, -0.2) is 9.37 Å². The van der Waals surface area contributed by atoms with Crippen molar-refractivity contribution in [2.75, 3.05) is 25.5 Å². The van der Waals surface area contributed by atoms with Gasteiger partial charge in [-0.2, -0.15) is 0 Å². The third kappa shape index (κ3) is 2.78. The Morgan fingerprint density at radius 3 is 2.89 bits per heavy atom. The minimum Gasteiger partial charge on any atom is -0.372 e. The van der Waals surface area contributed by atoms with Crippen LogP contribution in [0.2, 0.25) is 0 Å². The van der Waals surface area contributed by atoms with Crippen molar-refractivity contribution in [2.45, 2.75) is 19.8 Å². The molecule has 1 amide bonds. The maximum Gasteiger partial charge on any atom is 0.257 e. The van der Waals surface area contributed by atoms with Crippen molar-refractivity contribution in [3.63, 3.8) is 0 Å². The van der Waals surface area contributed by atoms with Crippen molar-refractivity contribution in [2.24, 2.45) is 5.92 Å². The van der Waals surface area contributed by atoms with Gasteiger partial charge in [-0.05, 0) is 31.7 Å². The highest BCUT2D eigenvalue weighted by atomic mass is 19.1. The highest BCUT2D eigenvalue weighted by Crippen LogP contribution is 2.30. The lowest BCUT2D eigenvalue weighted by molar-refractivity contribution is 0.0757. The summed E-state index contributed by atoms with van der Waals surface area (Å²) in [5, 5.41) is 2.83. The molecule has 1 heterocycles. The number of nitrogens with one attached hydrogen (secondary N) is 1. The summed E-state index contributed by atoms with van der Waals surface area (Å²) in [6, 6.07) is 1.25. The Hall–Kier alpha value is -1.65. The van der Waals surface area contributed by atoms with Gasteiger partial charge in [0.2, 0.25) is 0 Å². The minimum atomic E-state index is -0.486. The van der Waals surface area contributed by atoms with Crippen molar-refractivity contribution in [3.05, 3.63) is 23.6 Å². The second kappa shape index (κ2) is 5.33. The molecule has 0 radical (unpaired) electrons. The lowest BCUT2D eigenvalue weighted by Gasteiger charge is -2.21. The fraction of sp³-hybridized carbons (Fsp3) is 0.538. The van der Waals surface area contributed by atoms with Crippen LogP contribution >= 0.6 is 0 Å². The number of nitrogens with zero attached hydrogens (tertiary/aromatic N) is 2. The van der Waals surface area contributed by atoms with E-state index >= 15 is 0 Å². The fourth-order valence-corrected chi connectivity index (χ4v) is 1.94. The summed E-state index contributed by atoms with van der Waals surface area (Å²) < 4.78 is 13.2. The number of amides is 1. The van der Waals surface area contributed by atoms with Gasteiger partial charge >= 0.3 is 0 Å². The van der Waals surface area contributed by atoms with E-state index in [1.165, 1.54) is 18.9 Å². The third-order valence-corrected chi connectivity index (χ3v) is 3.17. The molecule has 0 bridgehead atoms. The monoisotopic (exact) mass is 251 g/mol. The highest BCUT2D eigenvalue weighted by molar-refractivity contribution is 5.98. The van der Waals surface area contributed by atoms with E-state index in [0.717, 1.165) is 12.7 Å². The average Bonchev–Trinajstić information content (AvgIpc) is 3.19. The number of anilines is 1. The van der Waals surface area contributed by atoms with Crippen molar-refractivity contribution in [3.8, 4) is 0 Å². The van der Waals surface area contributed by atoms with E-state index in [9.17, 15) is 9.18 Å². The zero-order chi connectivity index (χ0) is 13.1. The molecular weight excluding hydrogens is 233 g/mol. The van der Waals surface area contributed by atoms with E-state index in [4.69, 9.17) is 0 Å². The smallest absolute Gasteiger partial charge is 0.257 e. The third-order valence-electron chi connectivity index (χ3n) is 3.17. The number of carbonyl (C=O) groups excluding carboxylic acids is 1. The van der Waals surface area contributed by atoms with Gasteiger partial charge in [0.15, 0.2) is 0 Å². The largest absolute Gasteiger partial charge is 0.372 e. The molecule has 4 nitrogen and oxygen atoms in total. The number of carbonyl (C=O) groups is 1.